The van der Waals surface area contributed by atoms with Gasteiger partial charge in [0.25, 0.3) is 0 Å². The molecule has 5 heteroatoms. The van der Waals surface area contributed by atoms with Crippen molar-refractivity contribution in [3.63, 3.8) is 0 Å². The third kappa shape index (κ3) is 3.99. The smallest absolute Gasteiger partial charge is 0.235 e. The number of hydrogen-bond donors (Lipinski definition) is 1. The Morgan fingerprint density at radius 3 is 2.95 bits per heavy atom. The summed E-state index contributed by atoms with van der Waals surface area (Å²) in [6, 6.07) is 10.7. The van der Waals surface area contributed by atoms with Gasteiger partial charge in [-0.05, 0) is 12.5 Å². The zero-order valence-corrected chi connectivity index (χ0v) is 12.4. The van der Waals surface area contributed by atoms with Gasteiger partial charge in [0.2, 0.25) is 5.91 Å². The third-order valence-corrected chi connectivity index (χ3v) is 4.44. The number of rotatable bonds is 4. The Morgan fingerprint density at radius 1 is 1.50 bits per heavy atom. The summed E-state index contributed by atoms with van der Waals surface area (Å²) < 4.78 is 0. The van der Waals surface area contributed by atoms with Crippen molar-refractivity contribution in [3.05, 3.63) is 35.4 Å². The Kier molecular flexibility index (Phi) is 5.45. The van der Waals surface area contributed by atoms with E-state index in [-0.39, 0.29) is 18.5 Å². The van der Waals surface area contributed by atoms with Crippen LogP contribution in [-0.2, 0) is 4.79 Å². The molecule has 0 aromatic heterocycles. The highest BCUT2D eigenvalue weighted by molar-refractivity contribution is 7.99. The summed E-state index contributed by atoms with van der Waals surface area (Å²) >= 11 is 1.93. The van der Waals surface area contributed by atoms with Gasteiger partial charge in [0.1, 0.15) is 6.54 Å². The van der Waals surface area contributed by atoms with E-state index in [0.717, 1.165) is 18.1 Å². The Hall–Kier alpha value is -1.51. The van der Waals surface area contributed by atoms with Crippen LogP contribution in [0.15, 0.2) is 24.3 Å². The van der Waals surface area contributed by atoms with Gasteiger partial charge in [-0.15, -0.1) is 0 Å². The molecule has 1 amide bonds. The van der Waals surface area contributed by atoms with Gasteiger partial charge >= 0.3 is 0 Å². The van der Waals surface area contributed by atoms with E-state index in [2.05, 4.69) is 41.4 Å². The molecule has 1 aromatic rings. The first-order valence-corrected chi connectivity index (χ1v) is 7.88. The van der Waals surface area contributed by atoms with Crippen molar-refractivity contribution < 1.29 is 4.79 Å². The van der Waals surface area contributed by atoms with Gasteiger partial charge in [-0.2, -0.15) is 17.0 Å². The van der Waals surface area contributed by atoms with Crippen LogP contribution in [0.3, 0.4) is 0 Å². The summed E-state index contributed by atoms with van der Waals surface area (Å²) in [5.41, 5.74) is 2.51. The van der Waals surface area contributed by atoms with Crippen LogP contribution in [0, 0.1) is 18.3 Å². The van der Waals surface area contributed by atoms with Gasteiger partial charge in [0.05, 0.1) is 12.6 Å². The van der Waals surface area contributed by atoms with Crippen molar-refractivity contribution in [2.24, 2.45) is 0 Å². The number of nitrogens with zero attached hydrogens (tertiary/aromatic N) is 2. The van der Waals surface area contributed by atoms with Gasteiger partial charge in [-0.25, -0.2) is 0 Å². The number of nitriles is 1. The van der Waals surface area contributed by atoms with Crippen molar-refractivity contribution >= 4 is 17.7 Å². The number of thioether (sulfide) groups is 1. The molecule has 1 fully saturated rings. The van der Waals surface area contributed by atoms with Crippen LogP contribution in [0.4, 0.5) is 0 Å². The van der Waals surface area contributed by atoms with Gasteiger partial charge in [-0.1, -0.05) is 29.8 Å². The molecule has 1 atom stereocenters. The molecule has 0 aliphatic carbocycles. The van der Waals surface area contributed by atoms with Crippen LogP contribution in [0.2, 0.25) is 0 Å². The summed E-state index contributed by atoms with van der Waals surface area (Å²) in [7, 11) is 0. The fourth-order valence-corrected chi connectivity index (χ4v) is 3.46. The number of carbonyl (C=O) groups excluding carboxylic acids is 1. The van der Waals surface area contributed by atoms with Crippen molar-refractivity contribution in [2.75, 3.05) is 31.1 Å². The molecular weight excluding hydrogens is 270 g/mol. The lowest BCUT2D eigenvalue weighted by Crippen LogP contribution is -2.43. The second-order valence-electron chi connectivity index (χ2n) is 4.91. The first kappa shape index (κ1) is 14.9. The lowest BCUT2D eigenvalue weighted by atomic mass is 10.0. The van der Waals surface area contributed by atoms with Crippen molar-refractivity contribution in [1.29, 1.82) is 5.26 Å². The second-order valence-corrected chi connectivity index (χ2v) is 6.06. The lowest BCUT2D eigenvalue weighted by molar-refractivity contribution is -0.122. The molecule has 1 aliphatic rings. The highest BCUT2D eigenvalue weighted by atomic mass is 32.2. The second kappa shape index (κ2) is 7.32. The van der Waals surface area contributed by atoms with E-state index in [1.54, 1.807) is 0 Å². The molecule has 4 nitrogen and oxygen atoms in total. The van der Waals surface area contributed by atoms with Gasteiger partial charge in [0.15, 0.2) is 0 Å². The predicted octanol–water partition coefficient (Wildman–Crippen LogP) is 1.72. The molecular formula is C15H19N3OS. The third-order valence-electron chi connectivity index (χ3n) is 3.41. The van der Waals surface area contributed by atoms with E-state index in [9.17, 15) is 4.79 Å². The molecule has 1 aromatic carbocycles. The minimum absolute atomic E-state index is 0.0736. The molecule has 1 unspecified atom stereocenters. The zero-order chi connectivity index (χ0) is 14.4. The molecule has 0 bridgehead atoms. The maximum atomic E-state index is 11.8. The highest BCUT2D eigenvalue weighted by Gasteiger charge is 2.25. The Morgan fingerprint density at radius 2 is 2.25 bits per heavy atom. The van der Waals surface area contributed by atoms with E-state index in [0.29, 0.717) is 6.54 Å². The number of aryl methyl sites for hydroxylation is 1. The first-order chi connectivity index (χ1) is 9.70. The number of benzene rings is 1. The maximum absolute atomic E-state index is 11.8. The molecule has 0 radical (unpaired) electrons. The molecule has 1 saturated heterocycles. The Labute approximate surface area is 124 Å². The summed E-state index contributed by atoms with van der Waals surface area (Å²) in [5.74, 6) is 1.98. The van der Waals surface area contributed by atoms with Crippen LogP contribution in [-0.4, -0.2) is 41.9 Å². The number of amides is 1. The molecule has 2 rings (SSSR count). The Balaban J connectivity index is 2.03. The van der Waals surface area contributed by atoms with Crippen molar-refractivity contribution in [1.82, 2.24) is 10.2 Å². The van der Waals surface area contributed by atoms with Crippen LogP contribution in [0.5, 0.6) is 0 Å². The average Bonchev–Trinajstić information content (AvgIpc) is 2.47. The van der Waals surface area contributed by atoms with Crippen molar-refractivity contribution in [2.45, 2.75) is 13.0 Å². The summed E-state index contributed by atoms with van der Waals surface area (Å²) in [5, 5.41) is 11.1. The van der Waals surface area contributed by atoms with Crippen LogP contribution >= 0.6 is 11.8 Å². The van der Waals surface area contributed by atoms with Gasteiger partial charge < -0.3 is 5.32 Å². The van der Waals surface area contributed by atoms with E-state index in [1.807, 2.05) is 17.8 Å². The minimum atomic E-state index is -0.0736. The van der Waals surface area contributed by atoms with Crippen LogP contribution < -0.4 is 5.32 Å². The standard InChI is InChI=1S/C15H19N3OS/c1-12-2-4-13(5-3-12)14-11-20-9-8-18(14)10-15(19)17-7-6-16/h2-5,14H,7-11H2,1H3,(H,17,19). The SMILES string of the molecule is Cc1ccc(C2CSCCN2CC(=O)NCC#N)cc1. The molecule has 1 aliphatic heterocycles. The quantitative estimate of drug-likeness (QED) is 0.858. The fraction of sp³-hybridized carbons (Fsp3) is 0.467. The highest BCUT2D eigenvalue weighted by Crippen LogP contribution is 2.29. The number of hydrogen-bond acceptors (Lipinski definition) is 4. The van der Waals surface area contributed by atoms with E-state index < -0.39 is 0 Å². The summed E-state index contributed by atoms with van der Waals surface area (Å²) in [6.07, 6.45) is 0. The maximum Gasteiger partial charge on any atom is 0.235 e. The molecule has 20 heavy (non-hydrogen) atoms. The van der Waals surface area contributed by atoms with Crippen molar-refractivity contribution in [3.8, 4) is 6.07 Å². The number of carbonyl (C=O) groups is 1. The molecule has 1 N–H and O–H groups in total. The monoisotopic (exact) mass is 289 g/mol. The van der Waals surface area contributed by atoms with E-state index >= 15 is 0 Å². The zero-order valence-electron chi connectivity index (χ0n) is 11.6. The Bertz CT molecular complexity index is 495. The first-order valence-electron chi connectivity index (χ1n) is 6.72. The molecule has 0 saturated carbocycles. The molecule has 1 heterocycles. The fourth-order valence-electron chi connectivity index (χ4n) is 2.30. The van der Waals surface area contributed by atoms with E-state index in [4.69, 9.17) is 5.26 Å². The topological polar surface area (TPSA) is 56.1 Å². The van der Waals surface area contributed by atoms with Gasteiger partial charge in [0, 0.05) is 24.1 Å². The predicted molar refractivity (Wildman–Crippen MR) is 81.4 cm³/mol. The largest absolute Gasteiger partial charge is 0.342 e. The van der Waals surface area contributed by atoms with E-state index in [1.165, 1.54) is 11.1 Å². The molecule has 106 valence electrons. The lowest BCUT2D eigenvalue weighted by Gasteiger charge is -2.35. The summed E-state index contributed by atoms with van der Waals surface area (Å²) in [4.78, 5) is 14.0. The minimum Gasteiger partial charge on any atom is -0.342 e. The van der Waals surface area contributed by atoms with Gasteiger partial charge in [-0.3, -0.25) is 9.69 Å². The number of nitrogens with one attached hydrogen (secondary N) is 1. The van der Waals surface area contributed by atoms with Crippen LogP contribution in [0.25, 0.3) is 0 Å². The summed E-state index contributed by atoms with van der Waals surface area (Å²) in [6.45, 7) is 3.42. The van der Waals surface area contributed by atoms with Crippen LogP contribution in [0.1, 0.15) is 17.2 Å². The average molecular weight is 289 g/mol. The normalized spacial score (nSPS) is 19.3. The molecule has 0 spiro atoms.